The fourth-order valence-electron chi connectivity index (χ4n) is 3.57. The normalized spacial score (nSPS) is 14.9. The van der Waals surface area contributed by atoms with Crippen LogP contribution in [0.4, 0.5) is 5.00 Å². The van der Waals surface area contributed by atoms with E-state index in [9.17, 15) is 13.2 Å². The number of thioether (sulfide) groups is 1. The fourth-order valence-corrected chi connectivity index (χ4v) is 7.04. The van der Waals surface area contributed by atoms with E-state index in [1.165, 1.54) is 27.8 Å². The maximum Gasteiger partial charge on any atom is 0.256 e. The Balaban J connectivity index is 1.54. The van der Waals surface area contributed by atoms with Crippen LogP contribution in [-0.2, 0) is 10.0 Å². The van der Waals surface area contributed by atoms with Gasteiger partial charge in [0.1, 0.15) is 10.7 Å². The summed E-state index contributed by atoms with van der Waals surface area (Å²) in [5.41, 5.74) is 2.08. The van der Waals surface area contributed by atoms with Gasteiger partial charge < -0.3 is 5.32 Å². The molecule has 9 heteroatoms. The van der Waals surface area contributed by atoms with Gasteiger partial charge in [-0.2, -0.15) is 4.31 Å². The second-order valence-electron chi connectivity index (χ2n) is 7.40. The summed E-state index contributed by atoms with van der Waals surface area (Å²) in [6, 6.07) is 15.9. The molecule has 6 nitrogen and oxygen atoms in total. The smallest absolute Gasteiger partial charge is 0.256 e. The third-order valence-corrected chi connectivity index (χ3v) is 9.13. The zero-order valence-electron chi connectivity index (χ0n) is 17.8. The molecule has 1 aliphatic heterocycles. The SMILES string of the molecule is CCSc1nc(-c2ccccc2)c(NC(=O)c2ccc(S(=O)(=O)N3CCCCC3)cc2)s1. The first kappa shape index (κ1) is 23.0. The number of sulfonamides is 1. The molecule has 4 rings (SSSR count). The Labute approximate surface area is 197 Å². The van der Waals surface area contributed by atoms with Gasteiger partial charge in [-0.1, -0.05) is 66.8 Å². The van der Waals surface area contributed by atoms with Crippen LogP contribution in [0.15, 0.2) is 63.8 Å². The molecule has 0 aliphatic carbocycles. The number of nitrogens with zero attached hydrogens (tertiary/aromatic N) is 2. The highest BCUT2D eigenvalue weighted by Gasteiger charge is 2.26. The molecule has 1 amide bonds. The Morgan fingerprint density at radius 2 is 1.75 bits per heavy atom. The van der Waals surface area contributed by atoms with Gasteiger partial charge in [0, 0.05) is 24.2 Å². The molecule has 1 aliphatic rings. The summed E-state index contributed by atoms with van der Waals surface area (Å²) in [5, 5.41) is 3.65. The summed E-state index contributed by atoms with van der Waals surface area (Å²) in [5.74, 6) is 0.600. The molecular formula is C23H25N3O3S3. The molecule has 1 N–H and O–H groups in total. The highest BCUT2D eigenvalue weighted by atomic mass is 32.2. The summed E-state index contributed by atoms with van der Waals surface area (Å²) in [4.78, 5) is 17.8. The molecule has 2 heterocycles. The molecule has 0 atom stereocenters. The lowest BCUT2D eigenvalue weighted by Crippen LogP contribution is -2.35. The first-order valence-electron chi connectivity index (χ1n) is 10.6. The third-order valence-electron chi connectivity index (χ3n) is 5.22. The van der Waals surface area contributed by atoms with Crippen LogP contribution in [0.2, 0.25) is 0 Å². The Morgan fingerprint density at radius 1 is 1.06 bits per heavy atom. The highest BCUT2D eigenvalue weighted by molar-refractivity contribution is 8.01. The van der Waals surface area contributed by atoms with Crippen LogP contribution in [-0.4, -0.2) is 42.5 Å². The zero-order valence-corrected chi connectivity index (χ0v) is 20.2. The van der Waals surface area contributed by atoms with Crippen molar-refractivity contribution in [3.05, 3.63) is 60.2 Å². The van der Waals surface area contributed by atoms with Crippen LogP contribution < -0.4 is 5.32 Å². The van der Waals surface area contributed by atoms with E-state index in [-0.39, 0.29) is 10.8 Å². The molecule has 32 heavy (non-hydrogen) atoms. The van der Waals surface area contributed by atoms with Crippen molar-refractivity contribution in [2.24, 2.45) is 0 Å². The number of anilines is 1. The van der Waals surface area contributed by atoms with Crippen LogP contribution in [0.5, 0.6) is 0 Å². The molecule has 0 saturated carbocycles. The second-order valence-corrected chi connectivity index (χ2v) is 11.8. The summed E-state index contributed by atoms with van der Waals surface area (Å²) in [6.07, 6.45) is 2.83. The second kappa shape index (κ2) is 10.2. The quantitative estimate of drug-likeness (QED) is 0.455. The van der Waals surface area contributed by atoms with Crippen LogP contribution in [0.1, 0.15) is 36.5 Å². The zero-order chi connectivity index (χ0) is 22.6. The minimum absolute atomic E-state index is 0.223. The van der Waals surface area contributed by atoms with E-state index in [4.69, 9.17) is 4.98 Å². The molecule has 0 bridgehead atoms. The van der Waals surface area contributed by atoms with Gasteiger partial charge in [0.15, 0.2) is 4.34 Å². The van der Waals surface area contributed by atoms with Crippen molar-refractivity contribution < 1.29 is 13.2 Å². The lowest BCUT2D eigenvalue weighted by Gasteiger charge is -2.25. The number of aromatic nitrogens is 1. The summed E-state index contributed by atoms with van der Waals surface area (Å²) in [7, 11) is -3.52. The number of nitrogens with one attached hydrogen (secondary N) is 1. The molecule has 0 radical (unpaired) electrons. The minimum Gasteiger partial charge on any atom is -0.312 e. The van der Waals surface area contributed by atoms with E-state index in [1.54, 1.807) is 23.9 Å². The van der Waals surface area contributed by atoms with Gasteiger partial charge >= 0.3 is 0 Å². The number of benzene rings is 2. The van der Waals surface area contributed by atoms with Crippen molar-refractivity contribution in [1.29, 1.82) is 0 Å². The van der Waals surface area contributed by atoms with Crippen LogP contribution in [0.25, 0.3) is 11.3 Å². The summed E-state index contributed by atoms with van der Waals surface area (Å²) in [6.45, 7) is 3.17. The first-order valence-corrected chi connectivity index (χ1v) is 13.8. The molecule has 168 valence electrons. The molecule has 0 unspecified atom stereocenters. The number of carbonyl (C=O) groups is 1. The van der Waals surface area contributed by atoms with Crippen molar-refractivity contribution in [2.45, 2.75) is 35.4 Å². The number of hydrogen-bond acceptors (Lipinski definition) is 6. The van der Waals surface area contributed by atoms with Gasteiger partial charge in [-0.15, -0.1) is 0 Å². The average molecular weight is 488 g/mol. The van der Waals surface area contributed by atoms with Crippen molar-refractivity contribution >= 4 is 44.0 Å². The average Bonchev–Trinajstić information content (AvgIpc) is 3.22. The minimum atomic E-state index is -3.52. The highest BCUT2D eigenvalue weighted by Crippen LogP contribution is 2.37. The fraction of sp³-hybridized carbons (Fsp3) is 0.304. The molecule has 1 saturated heterocycles. The molecule has 0 spiro atoms. The van der Waals surface area contributed by atoms with E-state index >= 15 is 0 Å². The molecule has 2 aromatic carbocycles. The van der Waals surface area contributed by atoms with Crippen molar-refractivity contribution in [1.82, 2.24) is 9.29 Å². The number of carbonyl (C=O) groups excluding carboxylic acids is 1. The third kappa shape index (κ3) is 5.06. The Hall–Kier alpha value is -2.20. The van der Waals surface area contributed by atoms with E-state index in [2.05, 4.69) is 12.2 Å². The van der Waals surface area contributed by atoms with E-state index in [1.807, 2.05) is 30.3 Å². The van der Waals surface area contributed by atoms with Crippen LogP contribution >= 0.6 is 23.1 Å². The van der Waals surface area contributed by atoms with Crippen molar-refractivity contribution in [3.63, 3.8) is 0 Å². The molecule has 1 aromatic heterocycles. The Morgan fingerprint density at radius 3 is 2.41 bits per heavy atom. The first-order chi connectivity index (χ1) is 15.5. The maximum atomic E-state index is 12.9. The Bertz CT molecular complexity index is 1170. The summed E-state index contributed by atoms with van der Waals surface area (Å²) >= 11 is 3.08. The van der Waals surface area contributed by atoms with Gasteiger partial charge in [0.2, 0.25) is 10.0 Å². The standard InChI is InChI=1S/C23H25N3O3S3/c1-2-30-23-24-20(17-9-5-3-6-10-17)22(31-23)25-21(27)18-11-13-19(14-12-18)32(28,29)26-15-7-4-8-16-26/h3,5-6,9-14H,2,4,7-8,15-16H2,1H3,(H,25,27). The van der Waals surface area contributed by atoms with Crippen LogP contribution in [0.3, 0.4) is 0 Å². The predicted octanol–water partition coefficient (Wildman–Crippen LogP) is 5.35. The van der Waals surface area contributed by atoms with Gasteiger partial charge in [-0.3, -0.25) is 4.79 Å². The van der Waals surface area contributed by atoms with Gasteiger partial charge in [0.25, 0.3) is 5.91 Å². The predicted molar refractivity (Wildman–Crippen MR) is 131 cm³/mol. The summed E-state index contributed by atoms with van der Waals surface area (Å²) < 4.78 is 28.1. The number of thiazole rings is 1. The number of piperidine rings is 1. The Kier molecular flexibility index (Phi) is 7.30. The lowest BCUT2D eigenvalue weighted by atomic mass is 10.1. The lowest BCUT2D eigenvalue weighted by molar-refractivity contribution is 0.102. The number of rotatable bonds is 7. The van der Waals surface area contributed by atoms with E-state index in [0.29, 0.717) is 23.7 Å². The number of hydrogen-bond donors (Lipinski definition) is 1. The molecule has 3 aromatic rings. The van der Waals surface area contributed by atoms with Gasteiger partial charge in [0.05, 0.1) is 4.90 Å². The van der Waals surface area contributed by atoms with Crippen molar-refractivity contribution in [3.8, 4) is 11.3 Å². The molecule has 1 fully saturated rings. The van der Waals surface area contributed by atoms with Gasteiger partial charge in [-0.05, 0) is 42.9 Å². The largest absolute Gasteiger partial charge is 0.312 e. The number of amides is 1. The maximum absolute atomic E-state index is 12.9. The van der Waals surface area contributed by atoms with Gasteiger partial charge in [-0.25, -0.2) is 13.4 Å². The van der Waals surface area contributed by atoms with E-state index in [0.717, 1.165) is 40.6 Å². The monoisotopic (exact) mass is 487 g/mol. The molecular weight excluding hydrogens is 462 g/mol. The van der Waals surface area contributed by atoms with Crippen LogP contribution in [0, 0.1) is 0 Å². The van der Waals surface area contributed by atoms with Crippen molar-refractivity contribution in [2.75, 3.05) is 24.2 Å². The topological polar surface area (TPSA) is 79.4 Å². The van der Waals surface area contributed by atoms with E-state index < -0.39 is 10.0 Å².